The van der Waals surface area contributed by atoms with Crippen LogP contribution in [0.1, 0.15) is 5.56 Å². The summed E-state index contributed by atoms with van der Waals surface area (Å²) < 4.78 is 71.0. The largest absolute Gasteiger partial charge is 0.491 e. The molecule has 2 aromatic heterocycles. The van der Waals surface area contributed by atoms with Gasteiger partial charge in [-0.05, 0) is 29.1 Å². The molecule has 4 rings (SSSR count). The van der Waals surface area contributed by atoms with Crippen LogP contribution in [0.25, 0.3) is 21.8 Å². The zero-order chi connectivity index (χ0) is 26.5. The van der Waals surface area contributed by atoms with E-state index in [0.717, 1.165) is 16.3 Å². The number of hydrogen-bond donors (Lipinski definition) is 0. The molecule has 0 saturated carbocycles. The van der Waals surface area contributed by atoms with Crippen LogP contribution in [0.2, 0.25) is 0 Å². The van der Waals surface area contributed by atoms with Gasteiger partial charge in [-0.3, -0.25) is 4.79 Å². The first kappa shape index (κ1) is 26.2. The fourth-order valence-electron chi connectivity index (χ4n) is 2.91. The quantitative estimate of drug-likeness (QED) is 0.176. The van der Waals surface area contributed by atoms with E-state index in [9.17, 15) is 40.7 Å². The Bertz CT molecular complexity index is 1430. The molecule has 36 heavy (non-hydrogen) atoms. The SMILES string of the molecule is O=C(OC(=O)C(F)(F)F)C(F)(F)F.O=c1c2ccccc2c2cccnc2n1OCc1ccccc1. The highest BCUT2D eigenvalue weighted by atomic mass is 19.4. The standard InChI is InChI=1S/C19H14N2O2.C4F6O3/c22-19-17-10-5-4-9-15(17)16-11-6-12-20-18(16)21(19)23-13-14-7-2-1-3-8-14;5-3(6,7)1(11)13-2(12)4(8,9)10/h1-12H,13H2;. The number of benzene rings is 2. The fourth-order valence-corrected chi connectivity index (χ4v) is 2.91. The summed E-state index contributed by atoms with van der Waals surface area (Å²) in [6.07, 6.45) is -9.58. The van der Waals surface area contributed by atoms with Crippen LogP contribution in [0.5, 0.6) is 0 Å². The predicted octanol–water partition coefficient (Wildman–Crippen LogP) is 4.36. The maximum Gasteiger partial charge on any atom is 0.491 e. The Labute approximate surface area is 197 Å². The molecule has 4 aromatic rings. The number of ether oxygens (including phenoxy) is 1. The molecule has 0 bridgehead atoms. The number of nitrogens with zero attached hydrogens (tertiary/aromatic N) is 2. The van der Waals surface area contributed by atoms with Crippen LogP contribution in [-0.2, 0) is 20.9 Å². The average molecular weight is 512 g/mol. The second-order valence-corrected chi connectivity index (χ2v) is 6.95. The van der Waals surface area contributed by atoms with Gasteiger partial charge in [-0.1, -0.05) is 48.5 Å². The number of pyridine rings is 2. The molecule has 0 N–H and O–H groups in total. The van der Waals surface area contributed by atoms with Gasteiger partial charge in [-0.2, -0.15) is 26.3 Å². The topological polar surface area (TPSA) is 87.5 Å². The lowest BCUT2D eigenvalue weighted by molar-refractivity contribution is -0.221. The number of hydrogen-bond acceptors (Lipinski definition) is 6. The molecule has 0 fully saturated rings. The lowest BCUT2D eigenvalue weighted by Gasteiger charge is -2.13. The normalized spacial score (nSPS) is 11.5. The van der Waals surface area contributed by atoms with Crippen LogP contribution in [0.4, 0.5) is 26.3 Å². The third-order valence-electron chi connectivity index (χ3n) is 4.46. The van der Waals surface area contributed by atoms with Gasteiger partial charge >= 0.3 is 24.3 Å². The van der Waals surface area contributed by atoms with E-state index in [1.807, 2.05) is 66.7 Å². The van der Waals surface area contributed by atoms with Crippen LogP contribution in [-0.4, -0.2) is 34.0 Å². The van der Waals surface area contributed by atoms with Gasteiger partial charge in [0, 0.05) is 11.6 Å². The van der Waals surface area contributed by atoms with Crippen molar-refractivity contribution in [3.8, 4) is 0 Å². The van der Waals surface area contributed by atoms with Crippen LogP contribution >= 0.6 is 0 Å². The van der Waals surface area contributed by atoms with E-state index in [1.165, 1.54) is 4.73 Å². The van der Waals surface area contributed by atoms with Gasteiger partial charge in [0.1, 0.15) is 6.61 Å². The van der Waals surface area contributed by atoms with E-state index >= 15 is 0 Å². The monoisotopic (exact) mass is 512 g/mol. The molecule has 0 spiro atoms. The van der Waals surface area contributed by atoms with E-state index < -0.39 is 24.3 Å². The Hall–Kier alpha value is -4.42. The highest BCUT2D eigenvalue weighted by Crippen LogP contribution is 2.22. The average Bonchev–Trinajstić information content (AvgIpc) is 2.84. The van der Waals surface area contributed by atoms with Gasteiger partial charge in [0.25, 0.3) is 5.56 Å². The molecule has 0 aliphatic heterocycles. The van der Waals surface area contributed by atoms with Crippen molar-refractivity contribution >= 4 is 33.7 Å². The molecular weight excluding hydrogens is 498 g/mol. The van der Waals surface area contributed by atoms with Gasteiger partial charge in [-0.25, -0.2) is 14.6 Å². The Morgan fingerprint density at radius 2 is 1.28 bits per heavy atom. The second kappa shape index (κ2) is 10.5. The molecule has 0 aliphatic rings. The van der Waals surface area contributed by atoms with Crippen molar-refractivity contribution in [2.75, 3.05) is 0 Å². The summed E-state index contributed by atoms with van der Waals surface area (Å²) >= 11 is 0. The smallest absolute Gasteiger partial charge is 0.404 e. The molecule has 0 atom stereocenters. The van der Waals surface area contributed by atoms with Crippen molar-refractivity contribution in [1.29, 1.82) is 0 Å². The van der Waals surface area contributed by atoms with E-state index in [1.54, 1.807) is 6.20 Å². The summed E-state index contributed by atoms with van der Waals surface area (Å²) in [6, 6.07) is 21.1. The van der Waals surface area contributed by atoms with E-state index in [-0.39, 0.29) is 5.56 Å². The minimum absolute atomic E-state index is 0.192. The molecule has 0 aliphatic carbocycles. The number of esters is 2. The number of carbonyl (C=O) groups excluding carboxylic acids is 2. The van der Waals surface area contributed by atoms with Crippen molar-refractivity contribution in [3.05, 3.63) is 88.8 Å². The Morgan fingerprint density at radius 1 is 0.750 bits per heavy atom. The molecular formula is C23H14F6N2O5. The van der Waals surface area contributed by atoms with Crippen LogP contribution in [0.15, 0.2) is 77.7 Å². The van der Waals surface area contributed by atoms with E-state index in [2.05, 4.69) is 9.72 Å². The highest BCUT2D eigenvalue weighted by molar-refractivity contribution is 6.04. The van der Waals surface area contributed by atoms with Crippen molar-refractivity contribution in [2.24, 2.45) is 0 Å². The molecule has 0 radical (unpaired) electrons. The van der Waals surface area contributed by atoms with Crippen molar-refractivity contribution in [1.82, 2.24) is 9.71 Å². The van der Waals surface area contributed by atoms with Crippen LogP contribution in [0, 0.1) is 0 Å². The Balaban J connectivity index is 0.000000240. The van der Waals surface area contributed by atoms with Crippen LogP contribution in [0.3, 0.4) is 0 Å². The van der Waals surface area contributed by atoms with Crippen molar-refractivity contribution in [2.45, 2.75) is 19.0 Å². The zero-order valence-corrected chi connectivity index (χ0v) is 17.8. The van der Waals surface area contributed by atoms with Crippen LogP contribution < -0.4 is 10.4 Å². The lowest BCUT2D eigenvalue weighted by atomic mass is 10.1. The maximum atomic E-state index is 12.8. The van der Waals surface area contributed by atoms with Crippen molar-refractivity contribution < 1.29 is 45.5 Å². The first-order valence-corrected chi connectivity index (χ1v) is 9.85. The minimum atomic E-state index is -5.62. The third-order valence-corrected chi connectivity index (χ3v) is 4.46. The summed E-state index contributed by atoms with van der Waals surface area (Å²) in [7, 11) is 0. The first-order chi connectivity index (χ1) is 16.9. The number of aromatic nitrogens is 2. The summed E-state index contributed by atoms with van der Waals surface area (Å²) in [5.41, 5.74) is 1.34. The summed E-state index contributed by atoms with van der Waals surface area (Å²) in [4.78, 5) is 42.2. The molecule has 0 unspecified atom stereocenters. The molecule has 13 heteroatoms. The highest BCUT2D eigenvalue weighted by Gasteiger charge is 2.49. The van der Waals surface area contributed by atoms with Gasteiger partial charge in [0.2, 0.25) is 0 Å². The Kier molecular flexibility index (Phi) is 7.61. The number of halogens is 6. The maximum absolute atomic E-state index is 12.8. The second-order valence-electron chi connectivity index (χ2n) is 6.95. The van der Waals surface area contributed by atoms with Gasteiger partial charge < -0.3 is 9.57 Å². The minimum Gasteiger partial charge on any atom is -0.404 e. The fraction of sp³-hybridized carbons (Fsp3) is 0.130. The lowest BCUT2D eigenvalue weighted by Crippen LogP contribution is -2.34. The molecule has 7 nitrogen and oxygen atoms in total. The van der Waals surface area contributed by atoms with Crippen molar-refractivity contribution in [3.63, 3.8) is 0 Å². The molecule has 0 amide bonds. The number of fused-ring (bicyclic) bond motifs is 3. The summed E-state index contributed by atoms with van der Waals surface area (Å²) in [5.74, 6) is -6.40. The van der Waals surface area contributed by atoms with Gasteiger partial charge in [0.05, 0.1) is 5.39 Å². The Morgan fingerprint density at radius 3 is 1.86 bits per heavy atom. The van der Waals surface area contributed by atoms with E-state index in [0.29, 0.717) is 17.6 Å². The predicted molar refractivity (Wildman–Crippen MR) is 113 cm³/mol. The number of alkyl halides is 6. The summed E-state index contributed by atoms with van der Waals surface area (Å²) in [6.45, 7) is 0.310. The number of rotatable bonds is 3. The third kappa shape index (κ3) is 6.17. The summed E-state index contributed by atoms with van der Waals surface area (Å²) in [5, 5.41) is 2.41. The molecule has 0 saturated heterocycles. The zero-order valence-electron chi connectivity index (χ0n) is 17.8. The van der Waals surface area contributed by atoms with E-state index in [4.69, 9.17) is 4.84 Å². The molecule has 2 aromatic carbocycles. The number of carbonyl (C=O) groups is 2. The van der Waals surface area contributed by atoms with Gasteiger partial charge in [-0.15, -0.1) is 4.73 Å². The molecule has 188 valence electrons. The first-order valence-electron chi connectivity index (χ1n) is 9.85. The molecule has 2 heterocycles. The van der Waals surface area contributed by atoms with Gasteiger partial charge in [0.15, 0.2) is 5.65 Å².